The molecule has 1 saturated heterocycles. The summed E-state index contributed by atoms with van der Waals surface area (Å²) in [7, 11) is -1.97. The smallest absolute Gasteiger partial charge is 0.270 e. The standard InChI is InChI=1S/C28H29N3O4S2/c1-21-19-29(14-15-31(21)37(33,34)17-13-22-8-4-3-5-9-22)27(32)25-18-23-12-16-36-28(23)30(25)20-24-10-6-7-11-26(24)35-2/h3-13,16-18,21H,14-15,19-20H2,1-2H3/b17-13+. The van der Waals surface area contributed by atoms with Crippen LogP contribution in [0.25, 0.3) is 16.3 Å². The van der Waals surface area contributed by atoms with Crippen LogP contribution in [0.15, 0.2) is 77.5 Å². The van der Waals surface area contributed by atoms with Gasteiger partial charge in [0, 0.05) is 42.0 Å². The van der Waals surface area contributed by atoms with Crippen LogP contribution in [0.3, 0.4) is 0 Å². The number of methoxy groups -OCH3 is 1. The van der Waals surface area contributed by atoms with Crippen LogP contribution in [0.1, 0.15) is 28.5 Å². The number of fused-ring (bicyclic) bond motifs is 1. The highest BCUT2D eigenvalue weighted by Crippen LogP contribution is 2.30. The van der Waals surface area contributed by atoms with Crippen molar-refractivity contribution in [3.8, 4) is 5.75 Å². The van der Waals surface area contributed by atoms with Crippen LogP contribution >= 0.6 is 11.3 Å². The molecule has 1 unspecified atom stereocenters. The van der Waals surface area contributed by atoms with Gasteiger partial charge in [-0.25, -0.2) is 8.42 Å². The number of aromatic nitrogens is 1. The van der Waals surface area contributed by atoms with Crippen molar-refractivity contribution in [2.45, 2.75) is 19.5 Å². The van der Waals surface area contributed by atoms with Gasteiger partial charge in [0.05, 0.1) is 13.7 Å². The Kier molecular flexibility index (Phi) is 7.19. The highest BCUT2D eigenvalue weighted by atomic mass is 32.2. The lowest BCUT2D eigenvalue weighted by Gasteiger charge is -2.38. The van der Waals surface area contributed by atoms with E-state index in [-0.39, 0.29) is 18.5 Å². The van der Waals surface area contributed by atoms with Crippen molar-refractivity contribution >= 4 is 43.6 Å². The zero-order valence-corrected chi connectivity index (χ0v) is 22.4. The minimum Gasteiger partial charge on any atom is -0.496 e. The predicted molar refractivity (Wildman–Crippen MR) is 148 cm³/mol. The number of nitrogens with zero attached hydrogens (tertiary/aromatic N) is 3. The van der Waals surface area contributed by atoms with Gasteiger partial charge in [0.1, 0.15) is 16.3 Å². The van der Waals surface area contributed by atoms with Crippen molar-refractivity contribution in [3.63, 3.8) is 0 Å². The SMILES string of the molecule is COc1ccccc1Cn1c(C(=O)N2CCN(S(=O)(=O)/C=C/c3ccccc3)C(C)C2)cc2ccsc21. The first-order valence-electron chi connectivity index (χ1n) is 12.1. The molecule has 1 aliphatic heterocycles. The van der Waals surface area contributed by atoms with Gasteiger partial charge in [-0.1, -0.05) is 48.5 Å². The van der Waals surface area contributed by atoms with Crippen LogP contribution in [0, 0.1) is 0 Å². The molecule has 0 N–H and O–H groups in total. The zero-order valence-electron chi connectivity index (χ0n) is 20.8. The molecule has 0 radical (unpaired) electrons. The zero-order chi connectivity index (χ0) is 26.0. The third-order valence-corrected chi connectivity index (χ3v) is 9.28. The summed E-state index contributed by atoms with van der Waals surface area (Å²) >= 11 is 1.60. The molecule has 0 bridgehead atoms. The predicted octanol–water partition coefficient (Wildman–Crippen LogP) is 4.91. The summed E-state index contributed by atoms with van der Waals surface area (Å²) in [4.78, 5) is 16.5. The lowest BCUT2D eigenvalue weighted by atomic mass is 10.2. The number of benzene rings is 2. The number of piperazine rings is 1. The Morgan fingerprint density at radius 1 is 1.08 bits per heavy atom. The lowest BCUT2D eigenvalue weighted by Crippen LogP contribution is -2.55. The molecule has 1 aliphatic rings. The molecular formula is C28H29N3O4S2. The lowest BCUT2D eigenvalue weighted by molar-refractivity contribution is 0.0633. The molecule has 9 heteroatoms. The van der Waals surface area contributed by atoms with Crippen LogP contribution in [0.2, 0.25) is 0 Å². The molecule has 37 heavy (non-hydrogen) atoms. The molecular weight excluding hydrogens is 506 g/mol. The minimum atomic E-state index is -3.62. The molecule has 1 amide bonds. The average molecular weight is 536 g/mol. The van der Waals surface area contributed by atoms with E-state index in [1.165, 1.54) is 9.71 Å². The summed E-state index contributed by atoms with van der Waals surface area (Å²) in [6.45, 7) is 3.25. The van der Waals surface area contributed by atoms with E-state index < -0.39 is 10.0 Å². The van der Waals surface area contributed by atoms with Crippen molar-refractivity contribution in [2.24, 2.45) is 0 Å². The molecule has 1 fully saturated rings. The first-order valence-corrected chi connectivity index (χ1v) is 14.5. The Labute approximate surface area is 221 Å². The van der Waals surface area contributed by atoms with E-state index in [2.05, 4.69) is 0 Å². The molecule has 4 aromatic rings. The van der Waals surface area contributed by atoms with E-state index >= 15 is 0 Å². The number of para-hydroxylation sites is 1. The number of hydrogen-bond donors (Lipinski definition) is 0. The van der Waals surface area contributed by atoms with Gasteiger partial charge in [0.2, 0.25) is 10.0 Å². The number of thiophene rings is 1. The van der Waals surface area contributed by atoms with E-state index in [4.69, 9.17) is 4.74 Å². The minimum absolute atomic E-state index is 0.0953. The Morgan fingerprint density at radius 3 is 2.59 bits per heavy atom. The maximum atomic E-state index is 13.7. The second-order valence-corrected chi connectivity index (χ2v) is 11.7. The van der Waals surface area contributed by atoms with Crippen molar-refractivity contribution in [2.75, 3.05) is 26.7 Å². The third kappa shape index (κ3) is 5.20. The van der Waals surface area contributed by atoms with Crippen LogP contribution in [0.5, 0.6) is 5.75 Å². The highest BCUT2D eigenvalue weighted by molar-refractivity contribution is 7.92. The van der Waals surface area contributed by atoms with Gasteiger partial charge >= 0.3 is 0 Å². The normalized spacial score (nSPS) is 17.0. The summed E-state index contributed by atoms with van der Waals surface area (Å²) in [6.07, 6.45) is 1.61. The molecule has 7 nitrogen and oxygen atoms in total. The third-order valence-electron chi connectivity index (χ3n) is 6.66. The number of sulfonamides is 1. The second-order valence-electron chi connectivity index (χ2n) is 9.08. The fourth-order valence-corrected chi connectivity index (χ4v) is 7.07. The molecule has 192 valence electrons. The maximum absolute atomic E-state index is 13.7. The van der Waals surface area contributed by atoms with Crippen molar-refractivity contribution < 1.29 is 17.9 Å². The van der Waals surface area contributed by atoms with Gasteiger partial charge in [-0.15, -0.1) is 11.3 Å². The number of rotatable bonds is 7. The van der Waals surface area contributed by atoms with Gasteiger partial charge < -0.3 is 14.2 Å². The Balaban J connectivity index is 1.36. The Morgan fingerprint density at radius 2 is 1.84 bits per heavy atom. The Hall–Kier alpha value is -3.40. The van der Waals surface area contributed by atoms with E-state index in [9.17, 15) is 13.2 Å². The quantitative estimate of drug-likeness (QED) is 0.337. The first kappa shape index (κ1) is 25.3. The van der Waals surface area contributed by atoms with Crippen LogP contribution in [-0.2, 0) is 16.6 Å². The highest BCUT2D eigenvalue weighted by Gasteiger charge is 2.34. The number of ether oxygens (including phenoxy) is 1. The first-order chi connectivity index (χ1) is 17.9. The van der Waals surface area contributed by atoms with Gasteiger partial charge in [-0.05, 0) is 42.1 Å². The summed E-state index contributed by atoms with van der Waals surface area (Å²) in [5.41, 5.74) is 2.41. The topological polar surface area (TPSA) is 71.8 Å². The molecule has 0 aliphatic carbocycles. The van der Waals surface area contributed by atoms with Crippen molar-refractivity contribution in [1.82, 2.24) is 13.8 Å². The second kappa shape index (κ2) is 10.5. The van der Waals surface area contributed by atoms with Gasteiger partial charge in [-0.3, -0.25) is 4.79 Å². The van der Waals surface area contributed by atoms with Gasteiger partial charge in [0.15, 0.2) is 0 Å². The fourth-order valence-electron chi connectivity index (χ4n) is 4.79. The number of amides is 1. The van der Waals surface area contributed by atoms with Crippen LogP contribution in [-0.4, -0.2) is 60.9 Å². The largest absolute Gasteiger partial charge is 0.496 e. The number of hydrogen-bond acceptors (Lipinski definition) is 5. The van der Waals surface area contributed by atoms with Crippen molar-refractivity contribution in [1.29, 1.82) is 0 Å². The maximum Gasteiger partial charge on any atom is 0.270 e. The van der Waals surface area contributed by atoms with E-state index in [1.807, 2.05) is 83.6 Å². The van der Waals surface area contributed by atoms with E-state index in [0.717, 1.165) is 27.1 Å². The van der Waals surface area contributed by atoms with Crippen molar-refractivity contribution in [3.05, 3.63) is 94.3 Å². The van der Waals surface area contributed by atoms with E-state index in [0.29, 0.717) is 25.3 Å². The molecule has 1 atom stereocenters. The van der Waals surface area contributed by atoms with E-state index in [1.54, 1.807) is 29.4 Å². The number of carbonyl (C=O) groups excluding carboxylic acids is 1. The Bertz CT molecular complexity index is 1540. The summed E-state index contributed by atoms with van der Waals surface area (Å²) < 4.78 is 35.1. The molecule has 3 heterocycles. The summed E-state index contributed by atoms with van der Waals surface area (Å²) in [5, 5.41) is 4.29. The molecule has 2 aromatic heterocycles. The summed E-state index contributed by atoms with van der Waals surface area (Å²) in [5.74, 6) is 0.678. The van der Waals surface area contributed by atoms with Gasteiger partial charge in [0.25, 0.3) is 5.91 Å². The monoisotopic (exact) mass is 535 g/mol. The fraction of sp³-hybridized carbons (Fsp3) is 0.250. The van der Waals surface area contributed by atoms with Crippen LogP contribution in [0.4, 0.5) is 0 Å². The summed E-state index contributed by atoms with van der Waals surface area (Å²) in [6, 6.07) is 20.7. The van der Waals surface area contributed by atoms with Crippen LogP contribution < -0.4 is 4.74 Å². The molecule has 0 spiro atoms. The number of carbonyl (C=O) groups is 1. The van der Waals surface area contributed by atoms with Gasteiger partial charge in [-0.2, -0.15) is 4.31 Å². The average Bonchev–Trinajstić information content (AvgIpc) is 3.50. The molecule has 0 saturated carbocycles. The molecule has 2 aromatic carbocycles. The molecule has 5 rings (SSSR count).